The van der Waals surface area contributed by atoms with Crippen LogP contribution in [0.4, 0.5) is 4.39 Å². The van der Waals surface area contributed by atoms with Crippen LogP contribution in [0, 0.1) is 5.82 Å². The van der Waals surface area contributed by atoms with Crippen molar-refractivity contribution in [2.75, 3.05) is 26.7 Å². The Morgan fingerprint density at radius 3 is 2.39 bits per heavy atom. The van der Waals surface area contributed by atoms with E-state index >= 15 is 0 Å². The predicted molar refractivity (Wildman–Crippen MR) is 75.9 cm³/mol. The molecular formula is C14H22ClFN2. The second-order valence-corrected chi connectivity index (χ2v) is 4.78. The molecule has 4 heteroatoms. The van der Waals surface area contributed by atoms with Gasteiger partial charge in [-0.15, -0.1) is 12.4 Å². The lowest BCUT2D eigenvalue weighted by molar-refractivity contribution is 0.204. The molecule has 0 radical (unpaired) electrons. The highest BCUT2D eigenvalue weighted by Crippen LogP contribution is 2.11. The van der Waals surface area contributed by atoms with Crippen LogP contribution in [0.5, 0.6) is 0 Å². The van der Waals surface area contributed by atoms with Crippen molar-refractivity contribution in [1.29, 1.82) is 0 Å². The molecule has 0 spiro atoms. The van der Waals surface area contributed by atoms with E-state index in [-0.39, 0.29) is 18.2 Å². The lowest BCUT2D eigenvalue weighted by Gasteiger charge is -2.31. The molecule has 1 aromatic carbocycles. The molecule has 1 aromatic rings. The summed E-state index contributed by atoms with van der Waals surface area (Å²) in [5, 5.41) is 3.34. The Labute approximate surface area is 115 Å². The number of benzene rings is 1. The Kier molecular flexibility index (Phi) is 6.61. The van der Waals surface area contributed by atoms with Crippen molar-refractivity contribution in [3.63, 3.8) is 0 Å². The smallest absolute Gasteiger partial charge is 0.123 e. The van der Waals surface area contributed by atoms with Crippen LogP contribution in [-0.2, 0) is 6.42 Å². The van der Waals surface area contributed by atoms with Crippen LogP contribution in [0.3, 0.4) is 0 Å². The molecule has 1 aliphatic rings. The van der Waals surface area contributed by atoms with Gasteiger partial charge in [0.2, 0.25) is 0 Å². The van der Waals surface area contributed by atoms with Gasteiger partial charge in [0.05, 0.1) is 0 Å². The van der Waals surface area contributed by atoms with Crippen molar-refractivity contribution in [2.45, 2.75) is 25.3 Å². The van der Waals surface area contributed by atoms with Crippen LogP contribution in [0.15, 0.2) is 24.3 Å². The Balaban J connectivity index is 0.00000162. The van der Waals surface area contributed by atoms with Crippen LogP contribution >= 0.6 is 12.4 Å². The van der Waals surface area contributed by atoms with Crippen molar-refractivity contribution in [1.82, 2.24) is 10.2 Å². The Hall–Kier alpha value is -0.640. The van der Waals surface area contributed by atoms with Crippen LogP contribution < -0.4 is 5.32 Å². The van der Waals surface area contributed by atoms with E-state index in [2.05, 4.69) is 10.2 Å². The molecule has 0 aliphatic carbocycles. The van der Waals surface area contributed by atoms with Crippen molar-refractivity contribution >= 4 is 12.4 Å². The average Bonchev–Trinajstić information content (AvgIpc) is 2.39. The number of halogens is 2. The average molecular weight is 273 g/mol. The molecule has 1 fully saturated rings. The number of hydrogen-bond donors (Lipinski definition) is 1. The summed E-state index contributed by atoms with van der Waals surface area (Å²) in [6, 6.07) is 7.55. The molecule has 1 N–H and O–H groups in total. The zero-order valence-electron chi connectivity index (χ0n) is 10.9. The first-order chi connectivity index (χ1) is 8.28. The minimum atomic E-state index is -0.149. The minimum Gasteiger partial charge on any atom is -0.317 e. The number of likely N-dealkylation sites (tertiary alicyclic amines) is 1. The molecule has 0 bridgehead atoms. The third-order valence-electron chi connectivity index (χ3n) is 3.63. The van der Waals surface area contributed by atoms with E-state index in [1.807, 2.05) is 19.2 Å². The summed E-state index contributed by atoms with van der Waals surface area (Å²) in [6.45, 7) is 3.43. The van der Waals surface area contributed by atoms with E-state index in [0.717, 1.165) is 13.0 Å². The summed E-state index contributed by atoms with van der Waals surface area (Å²) >= 11 is 0. The third-order valence-corrected chi connectivity index (χ3v) is 3.63. The molecule has 0 saturated carbocycles. The first-order valence-corrected chi connectivity index (χ1v) is 6.42. The maximum atomic E-state index is 12.7. The van der Waals surface area contributed by atoms with Gasteiger partial charge in [-0.25, -0.2) is 4.39 Å². The third kappa shape index (κ3) is 4.56. The van der Waals surface area contributed by atoms with E-state index in [0.29, 0.717) is 6.04 Å². The minimum absolute atomic E-state index is 0. The standard InChI is InChI=1S/C14H21FN2.ClH/c1-16-14-7-10-17(11-8-14)9-6-12-2-4-13(15)5-3-12;/h2-5,14,16H,6-11H2,1H3;1H. The van der Waals surface area contributed by atoms with Crippen LogP contribution in [0.1, 0.15) is 18.4 Å². The van der Waals surface area contributed by atoms with Gasteiger partial charge in [-0.1, -0.05) is 12.1 Å². The van der Waals surface area contributed by atoms with E-state index in [9.17, 15) is 4.39 Å². The predicted octanol–water partition coefficient (Wildman–Crippen LogP) is 2.47. The molecule has 1 heterocycles. The molecule has 0 unspecified atom stereocenters. The maximum Gasteiger partial charge on any atom is 0.123 e. The molecule has 1 saturated heterocycles. The van der Waals surface area contributed by atoms with Gasteiger partial charge in [-0.05, 0) is 57.1 Å². The highest BCUT2D eigenvalue weighted by atomic mass is 35.5. The molecule has 18 heavy (non-hydrogen) atoms. The van der Waals surface area contributed by atoms with E-state index in [1.165, 1.54) is 31.5 Å². The molecular weight excluding hydrogens is 251 g/mol. The van der Waals surface area contributed by atoms with Gasteiger partial charge in [0.1, 0.15) is 5.82 Å². The van der Waals surface area contributed by atoms with Crippen molar-refractivity contribution in [3.8, 4) is 0 Å². The summed E-state index contributed by atoms with van der Waals surface area (Å²) in [4.78, 5) is 2.50. The zero-order valence-corrected chi connectivity index (χ0v) is 11.7. The van der Waals surface area contributed by atoms with Crippen LogP contribution in [0.2, 0.25) is 0 Å². The van der Waals surface area contributed by atoms with Crippen LogP contribution in [0.25, 0.3) is 0 Å². The van der Waals surface area contributed by atoms with Gasteiger partial charge >= 0.3 is 0 Å². The fraction of sp³-hybridized carbons (Fsp3) is 0.571. The summed E-state index contributed by atoms with van der Waals surface area (Å²) in [6.07, 6.45) is 3.49. The number of rotatable bonds is 4. The molecule has 102 valence electrons. The largest absolute Gasteiger partial charge is 0.317 e. The summed E-state index contributed by atoms with van der Waals surface area (Å²) < 4.78 is 12.7. The van der Waals surface area contributed by atoms with E-state index in [4.69, 9.17) is 0 Å². The van der Waals surface area contributed by atoms with Gasteiger partial charge in [-0.3, -0.25) is 0 Å². The zero-order chi connectivity index (χ0) is 12.1. The number of nitrogens with zero attached hydrogens (tertiary/aromatic N) is 1. The van der Waals surface area contributed by atoms with Crippen molar-refractivity contribution in [3.05, 3.63) is 35.6 Å². The fourth-order valence-electron chi connectivity index (χ4n) is 2.38. The molecule has 0 atom stereocenters. The lowest BCUT2D eigenvalue weighted by atomic mass is 10.0. The van der Waals surface area contributed by atoms with Gasteiger partial charge in [0.15, 0.2) is 0 Å². The number of piperidine rings is 1. The normalized spacial score (nSPS) is 17.4. The SMILES string of the molecule is CNC1CCN(CCc2ccc(F)cc2)CC1.Cl. The Morgan fingerprint density at radius 1 is 1.22 bits per heavy atom. The molecule has 0 amide bonds. The second kappa shape index (κ2) is 7.72. The van der Waals surface area contributed by atoms with Gasteiger partial charge in [-0.2, -0.15) is 0 Å². The summed E-state index contributed by atoms with van der Waals surface area (Å²) in [7, 11) is 2.04. The van der Waals surface area contributed by atoms with Crippen LogP contribution in [-0.4, -0.2) is 37.6 Å². The molecule has 2 nitrogen and oxygen atoms in total. The van der Waals surface area contributed by atoms with E-state index in [1.54, 1.807) is 12.1 Å². The second-order valence-electron chi connectivity index (χ2n) is 4.78. The van der Waals surface area contributed by atoms with Gasteiger partial charge < -0.3 is 10.2 Å². The highest BCUT2D eigenvalue weighted by molar-refractivity contribution is 5.85. The summed E-state index contributed by atoms with van der Waals surface area (Å²) in [5.74, 6) is -0.149. The maximum absolute atomic E-state index is 12.7. The fourth-order valence-corrected chi connectivity index (χ4v) is 2.38. The molecule has 1 aliphatic heterocycles. The monoisotopic (exact) mass is 272 g/mol. The van der Waals surface area contributed by atoms with Crippen molar-refractivity contribution in [2.24, 2.45) is 0 Å². The topological polar surface area (TPSA) is 15.3 Å². The first kappa shape index (κ1) is 15.4. The Bertz CT molecular complexity index is 334. The highest BCUT2D eigenvalue weighted by Gasteiger charge is 2.16. The molecule has 2 rings (SSSR count). The number of nitrogens with one attached hydrogen (secondary N) is 1. The quantitative estimate of drug-likeness (QED) is 0.906. The lowest BCUT2D eigenvalue weighted by Crippen LogP contribution is -2.41. The van der Waals surface area contributed by atoms with Crippen molar-refractivity contribution < 1.29 is 4.39 Å². The Morgan fingerprint density at radius 2 is 1.83 bits per heavy atom. The van der Waals surface area contributed by atoms with Gasteiger partial charge in [0.25, 0.3) is 0 Å². The molecule has 0 aromatic heterocycles. The first-order valence-electron chi connectivity index (χ1n) is 6.42. The van der Waals surface area contributed by atoms with Gasteiger partial charge in [0, 0.05) is 12.6 Å². The number of hydrogen-bond acceptors (Lipinski definition) is 2. The van der Waals surface area contributed by atoms with E-state index < -0.39 is 0 Å². The summed E-state index contributed by atoms with van der Waals surface area (Å²) in [5.41, 5.74) is 1.22.